The Morgan fingerprint density at radius 2 is 0.741 bits per heavy atom. The molecule has 0 aromatic heterocycles. The summed E-state index contributed by atoms with van der Waals surface area (Å²) in [6.07, 6.45) is 66.7. The van der Waals surface area contributed by atoms with Crippen LogP contribution in [-0.4, -0.2) is 89.2 Å². The molecular formula is C73H124O12. The third kappa shape index (κ3) is 49.6. The van der Waals surface area contributed by atoms with Gasteiger partial charge >= 0.3 is 23.9 Å². The standard InChI is InChI=1S/C73H124O12/c1-4-7-10-13-16-19-22-25-28-31-33-36-38-41-44-47-50-53-56-59-65(74)81-62-64(83-66(75)60-57-54-51-48-45-42-40-37-34-32-29-26-23-20-17-14-11-8-5-2)63-82-73-71(69(78)68(77)70(85-73)72(79)80)84-67(76)61-58-55-52-49-46-43-39-35-30-27-24-21-18-15-12-9-6-3/h7,10,16,18-19,21,25-30,33,36,64,68-71,73,77-78H,4-6,8-9,11-15,17,20,22-24,31-32,34-35,37-63H2,1-3H3,(H,79,80)/b10-7-,19-16-,21-18-,28-25-,29-26-,30-27-,36-33-. The summed E-state index contributed by atoms with van der Waals surface area (Å²) in [5, 5.41) is 31.7. The first-order chi connectivity index (χ1) is 41.6. The maximum Gasteiger partial charge on any atom is 0.335 e. The van der Waals surface area contributed by atoms with Crippen molar-refractivity contribution in [3.05, 3.63) is 85.1 Å². The van der Waals surface area contributed by atoms with Gasteiger partial charge in [-0.25, -0.2) is 4.79 Å². The summed E-state index contributed by atoms with van der Waals surface area (Å²) in [4.78, 5) is 51.5. The van der Waals surface area contributed by atoms with Gasteiger partial charge in [0.05, 0.1) is 6.61 Å². The fourth-order valence-electron chi connectivity index (χ4n) is 10.2. The van der Waals surface area contributed by atoms with Crippen LogP contribution < -0.4 is 0 Å². The summed E-state index contributed by atoms with van der Waals surface area (Å²) in [6, 6.07) is 0. The average molecular weight is 1190 g/mol. The van der Waals surface area contributed by atoms with E-state index in [-0.39, 0.29) is 25.9 Å². The van der Waals surface area contributed by atoms with Crippen molar-refractivity contribution in [3.8, 4) is 0 Å². The lowest BCUT2D eigenvalue weighted by Gasteiger charge is -2.40. The van der Waals surface area contributed by atoms with Gasteiger partial charge in [0.25, 0.3) is 0 Å². The molecule has 0 aliphatic carbocycles. The third-order valence-corrected chi connectivity index (χ3v) is 15.4. The molecule has 0 saturated carbocycles. The smallest absolute Gasteiger partial charge is 0.335 e. The molecule has 1 aliphatic heterocycles. The van der Waals surface area contributed by atoms with Crippen LogP contribution in [0, 0.1) is 0 Å². The fraction of sp³-hybridized carbons (Fsp3) is 0.753. The van der Waals surface area contributed by atoms with Crippen molar-refractivity contribution in [2.75, 3.05) is 13.2 Å². The Bertz CT molecular complexity index is 1800. The Kier molecular flexibility index (Phi) is 55.9. The Balaban J connectivity index is 2.66. The largest absolute Gasteiger partial charge is 0.479 e. The van der Waals surface area contributed by atoms with Crippen LogP contribution in [0.1, 0.15) is 303 Å². The maximum absolute atomic E-state index is 13.2. The minimum Gasteiger partial charge on any atom is -0.479 e. The zero-order valence-corrected chi connectivity index (χ0v) is 54.1. The van der Waals surface area contributed by atoms with Crippen molar-refractivity contribution < 1.29 is 58.2 Å². The van der Waals surface area contributed by atoms with Crippen LogP contribution in [0.15, 0.2) is 85.1 Å². The summed E-state index contributed by atoms with van der Waals surface area (Å²) in [5.41, 5.74) is 0. The summed E-state index contributed by atoms with van der Waals surface area (Å²) >= 11 is 0. The van der Waals surface area contributed by atoms with Gasteiger partial charge in [0, 0.05) is 19.3 Å². The van der Waals surface area contributed by atoms with E-state index in [2.05, 4.69) is 106 Å². The molecule has 1 fully saturated rings. The summed E-state index contributed by atoms with van der Waals surface area (Å²) in [7, 11) is 0. The number of aliphatic hydroxyl groups excluding tert-OH is 2. The molecule has 1 aliphatic rings. The normalized spacial score (nSPS) is 18.0. The van der Waals surface area contributed by atoms with Crippen molar-refractivity contribution in [1.29, 1.82) is 0 Å². The number of carboxylic acids is 1. The highest BCUT2D eigenvalue weighted by molar-refractivity contribution is 5.74. The first-order valence-corrected chi connectivity index (χ1v) is 34.6. The van der Waals surface area contributed by atoms with Crippen LogP contribution in [0.2, 0.25) is 0 Å². The number of rotatable bonds is 59. The van der Waals surface area contributed by atoms with Gasteiger partial charge in [-0.15, -0.1) is 0 Å². The Morgan fingerprint density at radius 1 is 0.400 bits per heavy atom. The van der Waals surface area contributed by atoms with Crippen LogP contribution in [0.5, 0.6) is 0 Å². The Hall–Kier alpha value is -4.10. The number of ether oxygens (including phenoxy) is 5. The first-order valence-electron chi connectivity index (χ1n) is 34.6. The molecular weight excluding hydrogens is 1070 g/mol. The molecule has 0 aromatic carbocycles. The second-order valence-electron chi connectivity index (χ2n) is 23.4. The zero-order valence-electron chi connectivity index (χ0n) is 54.1. The van der Waals surface area contributed by atoms with Gasteiger partial charge in [0.1, 0.15) is 18.8 Å². The Morgan fingerprint density at radius 3 is 1.16 bits per heavy atom. The van der Waals surface area contributed by atoms with Gasteiger partial charge < -0.3 is 39.0 Å². The second kappa shape index (κ2) is 60.2. The van der Waals surface area contributed by atoms with Gasteiger partial charge in [-0.1, -0.05) is 254 Å². The van der Waals surface area contributed by atoms with Gasteiger partial charge in [0.15, 0.2) is 24.6 Å². The lowest BCUT2D eigenvalue weighted by Crippen LogP contribution is -2.61. The first kappa shape index (κ1) is 78.9. The minimum absolute atomic E-state index is 0.0482. The van der Waals surface area contributed by atoms with Crippen LogP contribution >= 0.6 is 0 Å². The molecule has 3 N–H and O–H groups in total. The fourth-order valence-corrected chi connectivity index (χ4v) is 10.2. The average Bonchev–Trinajstić information content (AvgIpc) is 3.46. The molecule has 12 heteroatoms. The molecule has 0 radical (unpaired) electrons. The SMILES string of the molecule is CC/C=C\C/C=C\C/C=C\C/C=C\CCCCCCCCC(=O)OCC(COC1OC(C(=O)O)C(O)C(O)C1OC(=O)CCCCCCCCC/C=C\C/C=C\CCCCC)OC(=O)CCCCCCCCCCC/C=C\CCCCCCCC. The van der Waals surface area contributed by atoms with E-state index in [1.807, 2.05) is 0 Å². The van der Waals surface area contributed by atoms with E-state index in [1.54, 1.807) is 0 Å². The number of aliphatic hydroxyl groups is 2. The summed E-state index contributed by atoms with van der Waals surface area (Å²) in [6.45, 7) is 5.88. The van der Waals surface area contributed by atoms with Crippen molar-refractivity contribution in [3.63, 3.8) is 0 Å². The molecule has 85 heavy (non-hydrogen) atoms. The highest BCUT2D eigenvalue weighted by Gasteiger charge is 2.50. The topological polar surface area (TPSA) is 175 Å². The number of hydrogen-bond acceptors (Lipinski definition) is 11. The van der Waals surface area contributed by atoms with Gasteiger partial charge in [0.2, 0.25) is 0 Å². The predicted molar refractivity (Wildman–Crippen MR) is 349 cm³/mol. The lowest BCUT2D eigenvalue weighted by atomic mass is 9.98. The lowest BCUT2D eigenvalue weighted by molar-refractivity contribution is -0.301. The van der Waals surface area contributed by atoms with Gasteiger partial charge in [-0.3, -0.25) is 14.4 Å². The molecule has 0 aromatic rings. The van der Waals surface area contributed by atoms with Gasteiger partial charge in [-0.05, 0) is 116 Å². The molecule has 0 spiro atoms. The molecule has 6 atom stereocenters. The highest BCUT2D eigenvalue weighted by Crippen LogP contribution is 2.27. The molecule has 12 nitrogen and oxygen atoms in total. The van der Waals surface area contributed by atoms with Crippen molar-refractivity contribution in [2.24, 2.45) is 0 Å². The third-order valence-electron chi connectivity index (χ3n) is 15.4. The number of carbonyl (C=O) groups excluding carboxylic acids is 3. The van der Waals surface area contributed by atoms with Crippen molar-refractivity contribution >= 4 is 23.9 Å². The van der Waals surface area contributed by atoms with E-state index in [4.69, 9.17) is 23.7 Å². The number of aliphatic carboxylic acids is 1. The minimum atomic E-state index is -1.91. The monoisotopic (exact) mass is 1190 g/mol. The molecule has 6 unspecified atom stereocenters. The van der Waals surface area contributed by atoms with Crippen LogP contribution in [0.4, 0.5) is 0 Å². The molecule has 0 bridgehead atoms. The van der Waals surface area contributed by atoms with Crippen molar-refractivity contribution in [1.82, 2.24) is 0 Å². The quantitative estimate of drug-likeness (QED) is 0.0228. The number of esters is 3. The number of hydrogen-bond donors (Lipinski definition) is 3. The molecule has 1 saturated heterocycles. The highest BCUT2D eigenvalue weighted by atomic mass is 16.7. The van der Waals surface area contributed by atoms with E-state index in [0.29, 0.717) is 19.3 Å². The number of carboxylic acid groups (broad SMARTS) is 1. The van der Waals surface area contributed by atoms with E-state index >= 15 is 0 Å². The number of carbonyl (C=O) groups is 4. The Labute approximate surface area is 518 Å². The van der Waals surface area contributed by atoms with E-state index in [0.717, 1.165) is 148 Å². The van der Waals surface area contributed by atoms with E-state index in [9.17, 15) is 34.5 Å². The molecule has 488 valence electrons. The maximum atomic E-state index is 13.2. The van der Waals surface area contributed by atoms with Crippen LogP contribution in [0.3, 0.4) is 0 Å². The van der Waals surface area contributed by atoms with Crippen LogP contribution in [-0.2, 0) is 42.9 Å². The molecule has 1 heterocycles. The van der Waals surface area contributed by atoms with Gasteiger partial charge in [-0.2, -0.15) is 0 Å². The van der Waals surface area contributed by atoms with E-state index < -0.39 is 67.3 Å². The molecule has 1 rings (SSSR count). The predicted octanol–water partition coefficient (Wildman–Crippen LogP) is 19.0. The summed E-state index contributed by atoms with van der Waals surface area (Å²) in [5.74, 6) is -3.14. The summed E-state index contributed by atoms with van der Waals surface area (Å²) < 4.78 is 28.6. The second-order valence-corrected chi connectivity index (χ2v) is 23.4. The van der Waals surface area contributed by atoms with Crippen LogP contribution in [0.25, 0.3) is 0 Å². The zero-order chi connectivity index (χ0) is 61.7. The number of allylic oxidation sites excluding steroid dienone is 14. The molecule has 0 amide bonds. The number of unbranched alkanes of at least 4 members (excludes halogenated alkanes) is 31. The van der Waals surface area contributed by atoms with Crippen molar-refractivity contribution in [2.45, 2.75) is 340 Å². The van der Waals surface area contributed by atoms with E-state index in [1.165, 1.54) is 96.3 Å².